The number of urea groups is 1. The second-order valence-electron chi connectivity index (χ2n) is 7.30. The van der Waals surface area contributed by atoms with Gasteiger partial charge in [0.1, 0.15) is 6.54 Å². The monoisotopic (exact) mass is 410 g/mol. The summed E-state index contributed by atoms with van der Waals surface area (Å²) in [4.78, 5) is 28.4. The van der Waals surface area contributed by atoms with Gasteiger partial charge in [0.15, 0.2) is 5.82 Å². The van der Waals surface area contributed by atoms with Crippen molar-refractivity contribution >= 4 is 23.9 Å². The van der Waals surface area contributed by atoms with Gasteiger partial charge in [-0.2, -0.15) is 0 Å². The largest absolute Gasteiger partial charge is 0.475 e. The number of nitrogens with one attached hydrogen (secondary N) is 2. The van der Waals surface area contributed by atoms with Crippen molar-refractivity contribution in [3.63, 3.8) is 0 Å². The van der Waals surface area contributed by atoms with E-state index in [1.165, 1.54) is 6.07 Å². The lowest BCUT2D eigenvalue weighted by Crippen LogP contribution is -2.29. The van der Waals surface area contributed by atoms with Crippen LogP contribution in [0.1, 0.15) is 50.8 Å². The van der Waals surface area contributed by atoms with Crippen LogP contribution in [0.25, 0.3) is 0 Å². The van der Waals surface area contributed by atoms with Crippen molar-refractivity contribution in [1.82, 2.24) is 19.9 Å². The molecule has 7 nitrogen and oxygen atoms in total. The molecule has 3 amide bonds. The molecule has 1 aliphatic carbocycles. The molecule has 0 aromatic carbocycles. The molecule has 0 spiro atoms. The maximum Gasteiger partial charge on any atom is 0.324 e. The molecule has 2 heterocycles. The van der Waals surface area contributed by atoms with Gasteiger partial charge in [0.05, 0.1) is 18.3 Å². The number of carbonyl (C=O) groups excluding carboxylic acids is 2. The highest BCUT2D eigenvalue weighted by Crippen LogP contribution is 2.30. The molecule has 1 unspecified atom stereocenters. The van der Waals surface area contributed by atoms with Gasteiger partial charge in [-0.05, 0) is 50.7 Å². The zero-order chi connectivity index (χ0) is 19.9. The zero-order valence-electron chi connectivity index (χ0n) is 16.1. The molecule has 0 bridgehead atoms. The topological polar surface area (TPSA) is 83.6 Å². The fraction of sp³-hybridized carbons (Fsp3) is 0.632. The highest BCUT2D eigenvalue weighted by molar-refractivity contribution is 7.97. The van der Waals surface area contributed by atoms with Crippen molar-refractivity contribution < 1.29 is 18.7 Å². The molecule has 1 saturated heterocycles. The SMILES string of the molecule is CC(NSCCCCCN1CC(=O)NC1=O)c1ccc(F)c(OCC2CC2)n1. The number of ether oxygens (including phenoxy) is 1. The van der Waals surface area contributed by atoms with Gasteiger partial charge in [-0.15, -0.1) is 0 Å². The fourth-order valence-corrected chi connectivity index (χ4v) is 3.66. The van der Waals surface area contributed by atoms with E-state index in [2.05, 4.69) is 15.0 Å². The van der Waals surface area contributed by atoms with Gasteiger partial charge in [-0.3, -0.25) is 14.8 Å². The Hall–Kier alpha value is -1.87. The normalized spacial score (nSPS) is 17.7. The predicted octanol–water partition coefficient (Wildman–Crippen LogP) is 3.03. The molecule has 2 N–H and O–H groups in total. The minimum absolute atomic E-state index is 0.0202. The molecule has 1 aliphatic heterocycles. The van der Waals surface area contributed by atoms with Crippen LogP contribution in [-0.4, -0.2) is 47.3 Å². The average Bonchev–Trinajstić information content (AvgIpc) is 3.44. The Labute approximate surface area is 168 Å². The number of imide groups is 1. The van der Waals surface area contributed by atoms with Gasteiger partial charge in [-0.1, -0.05) is 18.4 Å². The van der Waals surface area contributed by atoms with Crippen molar-refractivity contribution in [2.24, 2.45) is 5.92 Å². The minimum Gasteiger partial charge on any atom is -0.475 e. The number of amides is 3. The Bertz CT molecular complexity index is 702. The van der Waals surface area contributed by atoms with E-state index in [0.717, 1.165) is 43.6 Å². The van der Waals surface area contributed by atoms with Gasteiger partial charge >= 0.3 is 6.03 Å². The standard InChI is InChI=1S/C19H27FN4O3S/c1-13(16-8-7-15(20)18(21-16)27-12-14-5-6-14)23-28-10-4-2-3-9-24-11-17(25)22-19(24)26/h7-8,13-14,23H,2-6,9-12H2,1H3,(H,22,25,26). The fourth-order valence-electron chi connectivity index (χ4n) is 2.82. The molecule has 154 valence electrons. The molecule has 2 aliphatic rings. The summed E-state index contributed by atoms with van der Waals surface area (Å²) in [6, 6.07) is 2.78. The quantitative estimate of drug-likeness (QED) is 0.313. The lowest BCUT2D eigenvalue weighted by Gasteiger charge is -2.15. The van der Waals surface area contributed by atoms with E-state index in [0.29, 0.717) is 19.1 Å². The molecule has 28 heavy (non-hydrogen) atoms. The Kier molecular flexibility index (Phi) is 7.50. The van der Waals surface area contributed by atoms with Crippen LogP contribution in [0.4, 0.5) is 9.18 Å². The maximum absolute atomic E-state index is 13.8. The van der Waals surface area contributed by atoms with Crippen molar-refractivity contribution in [3.05, 3.63) is 23.6 Å². The third kappa shape index (κ3) is 6.34. The van der Waals surface area contributed by atoms with Crippen molar-refractivity contribution in [1.29, 1.82) is 0 Å². The first-order chi connectivity index (χ1) is 13.5. The molecule has 1 aromatic rings. The van der Waals surface area contributed by atoms with Gasteiger partial charge in [-0.25, -0.2) is 14.2 Å². The van der Waals surface area contributed by atoms with E-state index in [4.69, 9.17) is 4.74 Å². The van der Waals surface area contributed by atoms with E-state index < -0.39 is 5.82 Å². The van der Waals surface area contributed by atoms with Crippen LogP contribution in [-0.2, 0) is 4.79 Å². The number of hydrogen-bond acceptors (Lipinski definition) is 6. The summed E-state index contributed by atoms with van der Waals surface area (Å²) >= 11 is 1.61. The lowest BCUT2D eigenvalue weighted by molar-refractivity contribution is -0.118. The minimum atomic E-state index is -0.419. The number of rotatable bonds is 12. The third-order valence-corrected chi connectivity index (χ3v) is 5.75. The van der Waals surface area contributed by atoms with E-state index in [1.807, 2.05) is 6.92 Å². The molecule has 1 saturated carbocycles. The highest BCUT2D eigenvalue weighted by Gasteiger charge is 2.25. The summed E-state index contributed by atoms with van der Waals surface area (Å²) in [6.45, 7) is 3.30. The summed E-state index contributed by atoms with van der Waals surface area (Å²) < 4.78 is 22.7. The number of hydrogen-bond donors (Lipinski definition) is 2. The van der Waals surface area contributed by atoms with Crippen LogP contribution in [0, 0.1) is 11.7 Å². The van der Waals surface area contributed by atoms with Crippen molar-refractivity contribution in [2.75, 3.05) is 25.4 Å². The number of carbonyl (C=O) groups is 2. The Morgan fingerprint density at radius 3 is 2.89 bits per heavy atom. The Morgan fingerprint density at radius 1 is 1.36 bits per heavy atom. The second-order valence-corrected chi connectivity index (χ2v) is 8.23. The molecular formula is C19H27FN4O3S. The molecule has 3 rings (SSSR count). The first-order valence-corrected chi connectivity index (χ1v) is 10.8. The summed E-state index contributed by atoms with van der Waals surface area (Å²) in [5, 5.41) is 2.28. The van der Waals surface area contributed by atoms with E-state index in [-0.39, 0.29) is 30.4 Å². The van der Waals surface area contributed by atoms with Crippen LogP contribution < -0.4 is 14.8 Å². The second kappa shape index (κ2) is 10.1. The van der Waals surface area contributed by atoms with E-state index >= 15 is 0 Å². The molecule has 9 heteroatoms. The van der Waals surface area contributed by atoms with Crippen LogP contribution in [0.3, 0.4) is 0 Å². The molecule has 2 fully saturated rings. The molecular weight excluding hydrogens is 383 g/mol. The van der Waals surface area contributed by atoms with Gasteiger partial charge in [0.25, 0.3) is 5.88 Å². The number of aromatic nitrogens is 1. The van der Waals surface area contributed by atoms with Gasteiger partial charge < -0.3 is 9.64 Å². The smallest absolute Gasteiger partial charge is 0.324 e. The third-order valence-electron chi connectivity index (χ3n) is 4.73. The van der Waals surface area contributed by atoms with E-state index in [1.54, 1.807) is 22.9 Å². The van der Waals surface area contributed by atoms with Crippen LogP contribution in [0.15, 0.2) is 12.1 Å². The summed E-state index contributed by atoms with van der Waals surface area (Å²) in [6.07, 6.45) is 5.16. The van der Waals surface area contributed by atoms with Crippen molar-refractivity contribution in [2.45, 2.75) is 45.1 Å². The first-order valence-electron chi connectivity index (χ1n) is 9.78. The van der Waals surface area contributed by atoms with Crippen LogP contribution >= 0.6 is 11.9 Å². The molecule has 1 aromatic heterocycles. The van der Waals surface area contributed by atoms with Gasteiger partial charge in [0, 0.05) is 12.3 Å². The summed E-state index contributed by atoms with van der Waals surface area (Å²) in [5.74, 6) is 0.914. The Balaban J connectivity index is 1.29. The first kappa shape index (κ1) is 20.9. The predicted molar refractivity (Wildman–Crippen MR) is 105 cm³/mol. The highest BCUT2D eigenvalue weighted by atomic mass is 32.2. The summed E-state index contributed by atoms with van der Waals surface area (Å²) in [5.41, 5.74) is 0.754. The Morgan fingerprint density at radius 2 is 2.18 bits per heavy atom. The number of pyridine rings is 1. The van der Waals surface area contributed by atoms with Gasteiger partial charge in [0.2, 0.25) is 5.91 Å². The zero-order valence-corrected chi connectivity index (χ0v) is 16.9. The molecule has 0 radical (unpaired) electrons. The van der Waals surface area contributed by atoms with Crippen molar-refractivity contribution in [3.8, 4) is 5.88 Å². The van der Waals surface area contributed by atoms with Crippen LogP contribution in [0.5, 0.6) is 5.88 Å². The molecule has 1 atom stereocenters. The number of unbranched alkanes of at least 4 members (excludes halogenated alkanes) is 2. The maximum atomic E-state index is 13.8. The summed E-state index contributed by atoms with van der Waals surface area (Å²) in [7, 11) is 0. The van der Waals surface area contributed by atoms with Crippen LogP contribution in [0.2, 0.25) is 0 Å². The lowest BCUT2D eigenvalue weighted by atomic mass is 10.2. The number of nitrogens with zero attached hydrogens (tertiary/aromatic N) is 2. The number of halogens is 1. The average molecular weight is 411 g/mol. The van der Waals surface area contributed by atoms with E-state index in [9.17, 15) is 14.0 Å².